The average molecular weight is 192 g/mol. The molecule has 0 saturated carbocycles. The standard InChI is InChI=1S/C5H5O6P/c6-4-1-2-10-3-5(4)11-12(7,8)9/h1-3H,(H2,7,8,9). The SMILES string of the molecule is O=c1ccocc1OP(=O)(O)O. The first-order valence-electron chi connectivity index (χ1n) is 2.81. The number of rotatable bonds is 2. The molecule has 0 amide bonds. The smallest absolute Gasteiger partial charge is 0.468 e. The molecular formula is C5H5O6P. The van der Waals surface area contributed by atoms with E-state index in [2.05, 4.69) is 8.94 Å². The molecule has 0 spiro atoms. The van der Waals surface area contributed by atoms with Gasteiger partial charge in [0.05, 0.1) is 6.26 Å². The quantitative estimate of drug-likeness (QED) is 0.645. The first kappa shape index (κ1) is 8.99. The van der Waals surface area contributed by atoms with E-state index in [1.807, 2.05) is 0 Å². The third-order valence-corrected chi connectivity index (χ3v) is 1.37. The molecule has 1 heterocycles. The second-order valence-corrected chi connectivity index (χ2v) is 3.03. The molecule has 0 radical (unpaired) electrons. The van der Waals surface area contributed by atoms with Gasteiger partial charge in [0.2, 0.25) is 11.2 Å². The van der Waals surface area contributed by atoms with Crippen LogP contribution >= 0.6 is 7.82 Å². The summed E-state index contributed by atoms with van der Waals surface area (Å²) in [5, 5.41) is 0. The molecule has 0 aliphatic carbocycles. The molecule has 0 aliphatic heterocycles. The summed E-state index contributed by atoms with van der Waals surface area (Å²) in [6.45, 7) is 0. The van der Waals surface area contributed by atoms with Gasteiger partial charge in [-0.15, -0.1) is 0 Å². The maximum atomic E-state index is 10.8. The van der Waals surface area contributed by atoms with Crippen LogP contribution in [0, 0.1) is 0 Å². The molecule has 66 valence electrons. The third kappa shape index (κ3) is 2.50. The molecule has 0 saturated heterocycles. The molecular weight excluding hydrogens is 187 g/mol. The summed E-state index contributed by atoms with van der Waals surface area (Å²) in [5.74, 6) is -0.508. The first-order chi connectivity index (χ1) is 5.49. The lowest BCUT2D eigenvalue weighted by molar-refractivity contribution is 0.279. The Morgan fingerprint density at radius 1 is 1.50 bits per heavy atom. The van der Waals surface area contributed by atoms with Crippen molar-refractivity contribution in [2.24, 2.45) is 0 Å². The third-order valence-electron chi connectivity index (χ3n) is 0.933. The van der Waals surface area contributed by atoms with Gasteiger partial charge in [0.1, 0.15) is 6.26 Å². The van der Waals surface area contributed by atoms with Gasteiger partial charge in [-0.3, -0.25) is 14.6 Å². The van der Waals surface area contributed by atoms with Crippen LogP contribution in [-0.2, 0) is 4.57 Å². The summed E-state index contributed by atoms with van der Waals surface area (Å²) in [6.07, 6.45) is 1.90. The van der Waals surface area contributed by atoms with Crippen molar-refractivity contribution in [3.63, 3.8) is 0 Å². The van der Waals surface area contributed by atoms with E-state index in [0.717, 1.165) is 18.6 Å². The van der Waals surface area contributed by atoms with Gasteiger partial charge in [-0.05, 0) is 0 Å². The van der Waals surface area contributed by atoms with Crippen molar-refractivity contribution in [2.75, 3.05) is 0 Å². The Balaban J connectivity index is 2.99. The van der Waals surface area contributed by atoms with Crippen LogP contribution < -0.4 is 9.95 Å². The number of hydrogen-bond acceptors (Lipinski definition) is 4. The lowest BCUT2D eigenvalue weighted by Gasteiger charge is -2.03. The van der Waals surface area contributed by atoms with Crippen LogP contribution in [0.15, 0.2) is 27.8 Å². The fraction of sp³-hybridized carbons (Fsp3) is 0. The van der Waals surface area contributed by atoms with E-state index in [1.54, 1.807) is 0 Å². The van der Waals surface area contributed by atoms with Gasteiger partial charge < -0.3 is 8.94 Å². The molecule has 0 aliphatic rings. The van der Waals surface area contributed by atoms with Crippen molar-refractivity contribution in [2.45, 2.75) is 0 Å². The molecule has 12 heavy (non-hydrogen) atoms. The zero-order valence-corrected chi connectivity index (χ0v) is 6.60. The molecule has 0 aromatic carbocycles. The number of hydrogen-bond donors (Lipinski definition) is 2. The van der Waals surface area contributed by atoms with Gasteiger partial charge in [-0.25, -0.2) is 4.57 Å². The van der Waals surface area contributed by atoms with Crippen molar-refractivity contribution in [1.29, 1.82) is 0 Å². The predicted octanol–water partition coefficient (Wildman–Crippen LogP) is 0.111. The molecule has 6 nitrogen and oxygen atoms in total. The van der Waals surface area contributed by atoms with Crippen molar-refractivity contribution in [3.8, 4) is 5.75 Å². The maximum absolute atomic E-state index is 10.8. The molecule has 2 N–H and O–H groups in total. The summed E-state index contributed by atoms with van der Waals surface area (Å²) in [5.41, 5.74) is -0.649. The van der Waals surface area contributed by atoms with Gasteiger partial charge >= 0.3 is 7.82 Å². The van der Waals surface area contributed by atoms with Crippen molar-refractivity contribution >= 4 is 7.82 Å². The molecule has 1 rings (SSSR count). The van der Waals surface area contributed by atoms with Crippen LogP contribution in [0.25, 0.3) is 0 Å². The highest BCUT2D eigenvalue weighted by Gasteiger charge is 2.17. The summed E-state index contributed by atoms with van der Waals surface area (Å²) in [7, 11) is -4.67. The molecule has 0 bridgehead atoms. The van der Waals surface area contributed by atoms with Gasteiger partial charge in [0.15, 0.2) is 0 Å². The monoisotopic (exact) mass is 192 g/mol. The zero-order chi connectivity index (χ0) is 9.19. The summed E-state index contributed by atoms with van der Waals surface area (Å²) in [6, 6.07) is 0.991. The molecule has 0 fully saturated rings. The van der Waals surface area contributed by atoms with Crippen molar-refractivity contribution in [3.05, 3.63) is 28.8 Å². The van der Waals surface area contributed by atoms with E-state index in [1.165, 1.54) is 0 Å². The topological polar surface area (TPSA) is 97.0 Å². The fourth-order valence-corrected chi connectivity index (χ4v) is 0.926. The van der Waals surface area contributed by atoms with E-state index in [4.69, 9.17) is 9.79 Å². The van der Waals surface area contributed by atoms with Gasteiger partial charge in [0, 0.05) is 6.07 Å². The highest BCUT2D eigenvalue weighted by Crippen LogP contribution is 2.35. The second kappa shape index (κ2) is 3.10. The van der Waals surface area contributed by atoms with Crippen LogP contribution in [0.1, 0.15) is 0 Å². The predicted molar refractivity (Wildman–Crippen MR) is 37.7 cm³/mol. The normalized spacial score (nSPS) is 11.2. The van der Waals surface area contributed by atoms with Crippen LogP contribution in [0.4, 0.5) is 0 Å². The van der Waals surface area contributed by atoms with E-state index in [0.29, 0.717) is 0 Å². The number of phosphoric ester groups is 1. The van der Waals surface area contributed by atoms with Crippen LogP contribution in [0.3, 0.4) is 0 Å². The molecule has 0 unspecified atom stereocenters. The van der Waals surface area contributed by atoms with E-state index in [9.17, 15) is 9.36 Å². The molecule has 1 aromatic rings. The first-order valence-corrected chi connectivity index (χ1v) is 4.34. The van der Waals surface area contributed by atoms with E-state index < -0.39 is 19.0 Å². The van der Waals surface area contributed by atoms with E-state index >= 15 is 0 Å². The maximum Gasteiger partial charge on any atom is 0.525 e. The highest BCUT2D eigenvalue weighted by molar-refractivity contribution is 7.46. The lowest BCUT2D eigenvalue weighted by atomic mass is 10.5. The Bertz CT molecular complexity index is 362. The van der Waals surface area contributed by atoms with Crippen molar-refractivity contribution < 1.29 is 23.3 Å². The second-order valence-electron chi connectivity index (χ2n) is 1.87. The minimum Gasteiger partial charge on any atom is -0.468 e. The summed E-state index contributed by atoms with van der Waals surface area (Å²) < 4.78 is 18.7. The minimum absolute atomic E-state index is 0.508. The Hall–Kier alpha value is -1.10. The van der Waals surface area contributed by atoms with E-state index in [-0.39, 0.29) is 0 Å². The van der Waals surface area contributed by atoms with Crippen LogP contribution in [0.5, 0.6) is 5.75 Å². The highest BCUT2D eigenvalue weighted by atomic mass is 31.2. The van der Waals surface area contributed by atoms with Crippen LogP contribution in [0.2, 0.25) is 0 Å². The molecule has 7 heteroatoms. The number of phosphoric acid groups is 1. The fourth-order valence-electron chi connectivity index (χ4n) is 0.537. The van der Waals surface area contributed by atoms with Gasteiger partial charge in [0.25, 0.3) is 0 Å². The zero-order valence-electron chi connectivity index (χ0n) is 5.71. The van der Waals surface area contributed by atoms with Gasteiger partial charge in [-0.1, -0.05) is 0 Å². The Kier molecular flexibility index (Phi) is 2.32. The van der Waals surface area contributed by atoms with Gasteiger partial charge in [-0.2, -0.15) is 0 Å². The minimum atomic E-state index is -4.67. The largest absolute Gasteiger partial charge is 0.525 e. The molecule has 1 aromatic heterocycles. The summed E-state index contributed by atoms with van der Waals surface area (Å²) >= 11 is 0. The Labute approximate surface area is 66.6 Å². The average Bonchev–Trinajstić information content (AvgIpc) is 1.91. The van der Waals surface area contributed by atoms with Crippen LogP contribution in [-0.4, -0.2) is 9.79 Å². The molecule has 0 atom stereocenters. The lowest BCUT2D eigenvalue weighted by Crippen LogP contribution is -2.03. The Morgan fingerprint density at radius 3 is 2.67 bits per heavy atom. The summed E-state index contributed by atoms with van der Waals surface area (Å²) in [4.78, 5) is 27.4. The van der Waals surface area contributed by atoms with Crippen molar-refractivity contribution in [1.82, 2.24) is 0 Å². The Morgan fingerprint density at radius 2 is 2.17 bits per heavy atom.